The molecule has 3 heterocycles. The van der Waals surface area contributed by atoms with E-state index in [4.69, 9.17) is 0 Å². The van der Waals surface area contributed by atoms with E-state index < -0.39 is 0 Å². The number of fused-ring (bicyclic) bond motifs is 1. The van der Waals surface area contributed by atoms with Crippen LogP contribution in [0.25, 0.3) is 5.65 Å². The molecular formula is C20H22BrN5O. The Labute approximate surface area is 166 Å². The molecule has 0 bridgehead atoms. The molecule has 0 unspecified atom stereocenters. The largest absolute Gasteiger partial charge is 0.325 e. The molecule has 27 heavy (non-hydrogen) atoms. The summed E-state index contributed by atoms with van der Waals surface area (Å²) >= 11 is 3.45. The Kier molecular flexibility index (Phi) is 5.22. The summed E-state index contributed by atoms with van der Waals surface area (Å²) in [5.41, 5.74) is 2.81. The minimum atomic E-state index is 0.0341. The number of aromatic nitrogens is 3. The van der Waals surface area contributed by atoms with Crippen molar-refractivity contribution in [2.45, 2.75) is 25.7 Å². The van der Waals surface area contributed by atoms with E-state index in [2.05, 4.69) is 40.7 Å². The van der Waals surface area contributed by atoms with E-state index in [1.807, 2.05) is 49.5 Å². The zero-order valence-corrected chi connectivity index (χ0v) is 16.8. The molecule has 1 amide bonds. The minimum absolute atomic E-state index is 0.0341. The van der Waals surface area contributed by atoms with Crippen molar-refractivity contribution < 1.29 is 4.79 Å². The number of carbonyl (C=O) groups is 1. The first-order chi connectivity index (χ1) is 13.1. The SMILES string of the molecule is Cc1cc(Br)ccc1NC(=O)CN1CCC(c2nnc3ccccn23)CC1. The molecule has 7 heteroatoms. The molecule has 0 aliphatic carbocycles. The first-order valence-electron chi connectivity index (χ1n) is 9.18. The number of benzene rings is 1. The molecule has 0 radical (unpaired) electrons. The molecule has 1 fully saturated rings. The van der Waals surface area contributed by atoms with Gasteiger partial charge in [0, 0.05) is 22.3 Å². The van der Waals surface area contributed by atoms with Gasteiger partial charge in [0.05, 0.1) is 6.54 Å². The highest BCUT2D eigenvalue weighted by Crippen LogP contribution is 2.27. The fourth-order valence-electron chi connectivity index (χ4n) is 3.65. The van der Waals surface area contributed by atoms with Crippen molar-refractivity contribution in [3.8, 4) is 0 Å². The van der Waals surface area contributed by atoms with E-state index in [1.54, 1.807) is 0 Å². The quantitative estimate of drug-likeness (QED) is 0.690. The first-order valence-corrected chi connectivity index (χ1v) is 9.97. The predicted molar refractivity (Wildman–Crippen MR) is 109 cm³/mol. The van der Waals surface area contributed by atoms with Crippen LogP contribution in [0.15, 0.2) is 47.1 Å². The fourth-order valence-corrected chi connectivity index (χ4v) is 4.12. The lowest BCUT2D eigenvalue weighted by atomic mass is 9.96. The van der Waals surface area contributed by atoms with Crippen LogP contribution in [0.3, 0.4) is 0 Å². The predicted octanol–water partition coefficient (Wildman–Crippen LogP) is 3.62. The van der Waals surface area contributed by atoms with E-state index in [0.29, 0.717) is 12.5 Å². The number of pyridine rings is 1. The number of rotatable bonds is 4. The van der Waals surface area contributed by atoms with Crippen LogP contribution in [0.5, 0.6) is 0 Å². The molecular weight excluding hydrogens is 406 g/mol. The summed E-state index contributed by atoms with van der Waals surface area (Å²) in [4.78, 5) is 14.6. The van der Waals surface area contributed by atoms with E-state index in [0.717, 1.165) is 53.1 Å². The average Bonchev–Trinajstić information content (AvgIpc) is 3.09. The second kappa shape index (κ2) is 7.78. The Morgan fingerprint density at radius 2 is 2.04 bits per heavy atom. The van der Waals surface area contributed by atoms with Crippen LogP contribution >= 0.6 is 15.9 Å². The standard InChI is InChI=1S/C20H22BrN5O/c1-14-12-16(21)5-6-17(14)22-19(27)13-25-10-7-15(8-11-25)20-24-23-18-4-2-3-9-26(18)20/h2-6,9,12,15H,7-8,10-11,13H2,1H3,(H,22,27). The Hall–Kier alpha value is -2.25. The number of halogens is 1. The van der Waals surface area contributed by atoms with Crippen LogP contribution in [0.2, 0.25) is 0 Å². The van der Waals surface area contributed by atoms with Gasteiger partial charge in [0.1, 0.15) is 5.82 Å². The third kappa shape index (κ3) is 4.04. The number of hydrogen-bond donors (Lipinski definition) is 1. The van der Waals surface area contributed by atoms with Crippen molar-refractivity contribution in [2.75, 3.05) is 25.0 Å². The van der Waals surface area contributed by atoms with Gasteiger partial charge < -0.3 is 5.32 Å². The van der Waals surface area contributed by atoms with Gasteiger partial charge >= 0.3 is 0 Å². The summed E-state index contributed by atoms with van der Waals surface area (Å²) in [7, 11) is 0. The number of amides is 1. The Balaban J connectivity index is 1.33. The molecule has 1 aliphatic heterocycles. The van der Waals surface area contributed by atoms with E-state index >= 15 is 0 Å². The number of anilines is 1. The maximum Gasteiger partial charge on any atom is 0.238 e. The highest BCUT2D eigenvalue weighted by Gasteiger charge is 2.25. The monoisotopic (exact) mass is 427 g/mol. The average molecular weight is 428 g/mol. The van der Waals surface area contributed by atoms with Gasteiger partial charge in [-0.25, -0.2) is 0 Å². The summed E-state index contributed by atoms with van der Waals surface area (Å²) in [5.74, 6) is 1.45. The van der Waals surface area contributed by atoms with E-state index in [9.17, 15) is 4.79 Å². The lowest BCUT2D eigenvalue weighted by Gasteiger charge is -2.30. The number of nitrogens with one attached hydrogen (secondary N) is 1. The molecule has 6 nitrogen and oxygen atoms in total. The first kappa shape index (κ1) is 18.1. The molecule has 1 aliphatic rings. The van der Waals surface area contributed by atoms with Crippen LogP contribution < -0.4 is 5.32 Å². The van der Waals surface area contributed by atoms with Gasteiger partial charge in [-0.2, -0.15) is 0 Å². The second-order valence-electron chi connectivity index (χ2n) is 7.04. The molecule has 140 valence electrons. The lowest BCUT2D eigenvalue weighted by Crippen LogP contribution is -2.39. The number of nitrogens with zero attached hydrogens (tertiary/aromatic N) is 4. The van der Waals surface area contributed by atoms with Crippen molar-refractivity contribution in [1.82, 2.24) is 19.5 Å². The Morgan fingerprint density at radius 3 is 2.81 bits per heavy atom. The summed E-state index contributed by atoms with van der Waals surface area (Å²) < 4.78 is 3.09. The zero-order valence-electron chi connectivity index (χ0n) is 15.2. The molecule has 3 aromatic rings. The van der Waals surface area contributed by atoms with Gasteiger partial charge in [-0.1, -0.05) is 22.0 Å². The van der Waals surface area contributed by atoms with Crippen molar-refractivity contribution in [3.05, 3.63) is 58.5 Å². The van der Waals surface area contributed by atoms with Crippen LogP contribution in [-0.2, 0) is 4.79 Å². The smallest absolute Gasteiger partial charge is 0.238 e. The molecule has 1 saturated heterocycles. The van der Waals surface area contributed by atoms with Crippen LogP contribution in [0.4, 0.5) is 5.69 Å². The molecule has 0 saturated carbocycles. The van der Waals surface area contributed by atoms with Crippen LogP contribution in [-0.4, -0.2) is 45.0 Å². The number of carbonyl (C=O) groups excluding carboxylic acids is 1. The Bertz CT molecular complexity index is 962. The normalized spacial score (nSPS) is 15.9. The number of hydrogen-bond acceptors (Lipinski definition) is 4. The van der Waals surface area contributed by atoms with Gasteiger partial charge in [-0.15, -0.1) is 10.2 Å². The van der Waals surface area contributed by atoms with Gasteiger partial charge in [-0.3, -0.25) is 14.1 Å². The molecule has 0 atom stereocenters. The molecule has 0 spiro atoms. The van der Waals surface area contributed by atoms with Gasteiger partial charge in [0.15, 0.2) is 5.65 Å². The van der Waals surface area contributed by atoms with Crippen LogP contribution in [0, 0.1) is 6.92 Å². The Morgan fingerprint density at radius 1 is 1.22 bits per heavy atom. The van der Waals surface area contributed by atoms with Gasteiger partial charge in [0.25, 0.3) is 0 Å². The third-order valence-electron chi connectivity index (χ3n) is 5.12. The maximum absolute atomic E-state index is 12.4. The summed E-state index contributed by atoms with van der Waals surface area (Å²) in [6, 6.07) is 11.8. The van der Waals surface area contributed by atoms with E-state index in [-0.39, 0.29) is 5.91 Å². The minimum Gasteiger partial charge on any atom is -0.325 e. The second-order valence-corrected chi connectivity index (χ2v) is 7.96. The zero-order chi connectivity index (χ0) is 18.8. The topological polar surface area (TPSA) is 62.5 Å². The highest BCUT2D eigenvalue weighted by molar-refractivity contribution is 9.10. The van der Waals surface area contributed by atoms with Crippen molar-refractivity contribution in [1.29, 1.82) is 0 Å². The summed E-state index contributed by atoms with van der Waals surface area (Å²) in [5, 5.41) is 11.7. The van der Waals surface area contributed by atoms with Gasteiger partial charge in [0.2, 0.25) is 5.91 Å². The molecule has 1 N–H and O–H groups in total. The maximum atomic E-state index is 12.4. The van der Waals surface area contributed by atoms with Crippen molar-refractivity contribution in [3.63, 3.8) is 0 Å². The van der Waals surface area contributed by atoms with Gasteiger partial charge in [-0.05, 0) is 68.8 Å². The van der Waals surface area contributed by atoms with Crippen molar-refractivity contribution >= 4 is 33.2 Å². The highest BCUT2D eigenvalue weighted by atomic mass is 79.9. The van der Waals surface area contributed by atoms with E-state index in [1.165, 1.54) is 0 Å². The number of aryl methyl sites for hydroxylation is 1. The third-order valence-corrected chi connectivity index (χ3v) is 5.62. The molecule has 4 rings (SSSR count). The molecule has 2 aromatic heterocycles. The van der Waals surface area contributed by atoms with Crippen molar-refractivity contribution in [2.24, 2.45) is 0 Å². The number of piperidine rings is 1. The molecule has 1 aromatic carbocycles. The summed E-state index contributed by atoms with van der Waals surface area (Å²) in [6.07, 6.45) is 3.99. The summed E-state index contributed by atoms with van der Waals surface area (Å²) in [6.45, 7) is 4.19. The van der Waals surface area contributed by atoms with Crippen LogP contribution in [0.1, 0.15) is 30.1 Å². The lowest BCUT2D eigenvalue weighted by molar-refractivity contribution is -0.117. The number of likely N-dealkylation sites (tertiary alicyclic amines) is 1. The fraction of sp³-hybridized carbons (Fsp3) is 0.350.